The lowest BCUT2D eigenvalue weighted by Gasteiger charge is -2.25. The highest BCUT2D eigenvalue weighted by Crippen LogP contribution is 2.23. The monoisotopic (exact) mass is 365 g/mol. The molecule has 0 spiro atoms. The van der Waals surface area contributed by atoms with Crippen LogP contribution < -0.4 is 5.32 Å². The van der Waals surface area contributed by atoms with Crippen molar-refractivity contribution in [1.29, 1.82) is 0 Å². The molecule has 0 bridgehead atoms. The normalized spacial score (nSPS) is 12.0. The van der Waals surface area contributed by atoms with Crippen molar-refractivity contribution in [2.24, 2.45) is 0 Å². The van der Waals surface area contributed by atoms with Crippen molar-refractivity contribution in [3.05, 3.63) is 74.5 Å². The molecule has 0 radical (unpaired) electrons. The fourth-order valence-electron chi connectivity index (χ4n) is 2.37. The molecule has 0 heterocycles. The second-order valence-electron chi connectivity index (χ2n) is 5.66. The van der Waals surface area contributed by atoms with E-state index in [0.29, 0.717) is 0 Å². The Morgan fingerprint density at radius 2 is 1.92 bits per heavy atom. The molecule has 132 valence electrons. The summed E-state index contributed by atoms with van der Waals surface area (Å²) in [4.78, 5) is 24.3. The van der Waals surface area contributed by atoms with Gasteiger partial charge in [0, 0.05) is 18.7 Å². The summed E-state index contributed by atoms with van der Waals surface area (Å²) in [6.07, 6.45) is 0. The van der Waals surface area contributed by atoms with Gasteiger partial charge in [0.1, 0.15) is 5.82 Å². The predicted molar refractivity (Wildman–Crippen MR) is 93.3 cm³/mol. The number of carbonyl (C=O) groups excluding carboxylic acids is 1. The maximum Gasteiger partial charge on any atom is 0.270 e. The van der Waals surface area contributed by atoms with Crippen molar-refractivity contribution < 1.29 is 14.1 Å². The summed E-state index contributed by atoms with van der Waals surface area (Å²) in [5.74, 6) is -0.767. The number of amides is 1. The molecule has 0 aliphatic heterocycles. The molecular formula is C17H17ClFN3O3. The number of nitro groups is 1. The van der Waals surface area contributed by atoms with Crippen LogP contribution in [0.2, 0.25) is 5.02 Å². The summed E-state index contributed by atoms with van der Waals surface area (Å²) in [5.41, 5.74) is 0.824. The lowest BCUT2D eigenvalue weighted by molar-refractivity contribution is -0.384. The third-order valence-electron chi connectivity index (χ3n) is 3.74. The maximum atomic E-state index is 13.1. The highest BCUT2D eigenvalue weighted by molar-refractivity contribution is 6.34. The number of rotatable bonds is 6. The number of halogens is 2. The van der Waals surface area contributed by atoms with E-state index in [-0.39, 0.29) is 34.7 Å². The molecule has 0 saturated carbocycles. The van der Waals surface area contributed by atoms with Crippen LogP contribution in [0.1, 0.15) is 22.0 Å². The van der Waals surface area contributed by atoms with Crippen molar-refractivity contribution in [2.75, 3.05) is 20.6 Å². The molecule has 1 N–H and O–H groups in total. The molecule has 2 aromatic rings. The van der Waals surface area contributed by atoms with Crippen molar-refractivity contribution in [1.82, 2.24) is 10.2 Å². The van der Waals surface area contributed by atoms with E-state index in [1.165, 1.54) is 24.3 Å². The number of hydrogen-bond acceptors (Lipinski definition) is 4. The largest absolute Gasteiger partial charge is 0.350 e. The standard InChI is InChI=1S/C17H17ClFN3O3/c1-21(2)16(11-3-5-12(19)6-4-11)10-20-17(23)14-8-7-13(22(24)25)9-15(14)18/h3-9,16H,10H2,1-2H3,(H,20,23). The zero-order chi connectivity index (χ0) is 18.6. The average Bonchev–Trinajstić information content (AvgIpc) is 2.55. The van der Waals surface area contributed by atoms with Gasteiger partial charge in [-0.05, 0) is 37.9 Å². The van der Waals surface area contributed by atoms with Crippen LogP contribution in [0.15, 0.2) is 42.5 Å². The quantitative estimate of drug-likeness (QED) is 0.628. The maximum absolute atomic E-state index is 13.1. The van der Waals surface area contributed by atoms with Crippen LogP contribution in [0.4, 0.5) is 10.1 Å². The van der Waals surface area contributed by atoms with E-state index in [1.807, 2.05) is 19.0 Å². The summed E-state index contributed by atoms with van der Waals surface area (Å²) in [6.45, 7) is 0.269. The topological polar surface area (TPSA) is 75.5 Å². The number of nitrogens with one attached hydrogen (secondary N) is 1. The first-order valence-corrected chi connectivity index (χ1v) is 7.81. The first kappa shape index (κ1) is 18.8. The van der Waals surface area contributed by atoms with Crippen LogP contribution in [0, 0.1) is 15.9 Å². The van der Waals surface area contributed by atoms with Gasteiger partial charge in [0.2, 0.25) is 0 Å². The Morgan fingerprint density at radius 1 is 1.28 bits per heavy atom. The van der Waals surface area contributed by atoms with Crippen LogP contribution >= 0.6 is 11.6 Å². The lowest BCUT2D eigenvalue weighted by atomic mass is 10.1. The van der Waals surface area contributed by atoms with Gasteiger partial charge in [0.15, 0.2) is 0 Å². The van der Waals surface area contributed by atoms with Gasteiger partial charge in [-0.25, -0.2) is 4.39 Å². The minimum Gasteiger partial charge on any atom is -0.350 e. The molecule has 1 atom stereocenters. The number of hydrogen-bond donors (Lipinski definition) is 1. The van der Waals surface area contributed by atoms with Crippen molar-refractivity contribution in [3.63, 3.8) is 0 Å². The summed E-state index contributed by atoms with van der Waals surface area (Å²) < 4.78 is 13.1. The summed E-state index contributed by atoms with van der Waals surface area (Å²) in [6, 6.07) is 9.56. The molecule has 1 amide bonds. The molecule has 2 rings (SSSR count). The number of non-ortho nitro benzene ring substituents is 1. The zero-order valence-electron chi connectivity index (χ0n) is 13.7. The van der Waals surface area contributed by atoms with Gasteiger partial charge in [-0.1, -0.05) is 23.7 Å². The van der Waals surface area contributed by atoms with E-state index in [9.17, 15) is 19.3 Å². The van der Waals surface area contributed by atoms with Gasteiger partial charge in [0.25, 0.3) is 11.6 Å². The smallest absolute Gasteiger partial charge is 0.270 e. The van der Waals surface area contributed by atoms with E-state index in [2.05, 4.69) is 5.32 Å². The number of benzene rings is 2. The highest BCUT2D eigenvalue weighted by atomic mass is 35.5. The van der Waals surface area contributed by atoms with Crippen LogP contribution in [0.25, 0.3) is 0 Å². The van der Waals surface area contributed by atoms with Crippen LogP contribution in [0.3, 0.4) is 0 Å². The Balaban J connectivity index is 2.11. The van der Waals surface area contributed by atoms with Crippen LogP contribution in [-0.4, -0.2) is 36.4 Å². The summed E-state index contributed by atoms with van der Waals surface area (Å²) in [5, 5.41) is 13.5. The Kier molecular flexibility index (Phi) is 6.06. The molecular weight excluding hydrogens is 349 g/mol. The molecule has 8 heteroatoms. The van der Waals surface area contributed by atoms with Gasteiger partial charge in [0.05, 0.1) is 21.6 Å². The number of carbonyl (C=O) groups is 1. The minimum atomic E-state index is -0.579. The van der Waals surface area contributed by atoms with Gasteiger partial charge in [-0.2, -0.15) is 0 Å². The predicted octanol–water partition coefficient (Wildman–Crippen LogP) is 3.42. The molecule has 0 aliphatic carbocycles. The van der Waals surface area contributed by atoms with E-state index in [0.717, 1.165) is 11.6 Å². The third kappa shape index (κ3) is 4.74. The van der Waals surface area contributed by atoms with Crippen molar-refractivity contribution in [2.45, 2.75) is 6.04 Å². The second-order valence-corrected chi connectivity index (χ2v) is 6.07. The first-order valence-electron chi connectivity index (χ1n) is 7.43. The van der Waals surface area contributed by atoms with E-state index >= 15 is 0 Å². The zero-order valence-corrected chi connectivity index (χ0v) is 14.5. The Labute approximate surface area is 149 Å². The molecule has 0 fully saturated rings. The van der Waals surface area contributed by atoms with Crippen molar-refractivity contribution >= 4 is 23.2 Å². The molecule has 0 aromatic heterocycles. The SMILES string of the molecule is CN(C)C(CNC(=O)c1ccc([N+](=O)[O-])cc1Cl)c1ccc(F)cc1. The van der Waals surface area contributed by atoms with E-state index < -0.39 is 10.8 Å². The first-order chi connectivity index (χ1) is 11.8. The van der Waals surface area contributed by atoms with Gasteiger partial charge >= 0.3 is 0 Å². The molecule has 6 nitrogen and oxygen atoms in total. The molecule has 0 aliphatic rings. The number of nitrogens with zero attached hydrogens (tertiary/aromatic N) is 2. The molecule has 1 unspecified atom stereocenters. The van der Waals surface area contributed by atoms with Gasteiger partial charge in [-0.15, -0.1) is 0 Å². The van der Waals surface area contributed by atoms with E-state index in [1.54, 1.807) is 12.1 Å². The molecule has 0 saturated heterocycles. The fourth-order valence-corrected chi connectivity index (χ4v) is 2.63. The summed E-state index contributed by atoms with van der Waals surface area (Å²) in [7, 11) is 3.69. The van der Waals surface area contributed by atoms with Gasteiger partial charge in [-0.3, -0.25) is 14.9 Å². The molecule has 25 heavy (non-hydrogen) atoms. The van der Waals surface area contributed by atoms with Crippen LogP contribution in [0.5, 0.6) is 0 Å². The number of nitro benzene ring substituents is 1. The van der Waals surface area contributed by atoms with Crippen molar-refractivity contribution in [3.8, 4) is 0 Å². The van der Waals surface area contributed by atoms with Gasteiger partial charge < -0.3 is 10.2 Å². The van der Waals surface area contributed by atoms with E-state index in [4.69, 9.17) is 11.6 Å². The third-order valence-corrected chi connectivity index (χ3v) is 4.05. The Hall–Kier alpha value is -2.51. The minimum absolute atomic E-state index is 0.00915. The number of likely N-dealkylation sites (N-methyl/N-ethyl adjacent to an activating group) is 1. The lowest BCUT2D eigenvalue weighted by Crippen LogP contribution is -2.34. The fraction of sp³-hybridized carbons (Fsp3) is 0.235. The Bertz CT molecular complexity index is 781. The average molecular weight is 366 g/mol. The Morgan fingerprint density at radius 3 is 2.44 bits per heavy atom. The van der Waals surface area contributed by atoms with Crippen LogP contribution in [-0.2, 0) is 0 Å². The second kappa shape index (κ2) is 8.04. The highest BCUT2D eigenvalue weighted by Gasteiger charge is 2.18. The molecule has 2 aromatic carbocycles. The summed E-state index contributed by atoms with van der Waals surface area (Å²) >= 11 is 5.96.